The van der Waals surface area contributed by atoms with Crippen molar-refractivity contribution in [2.24, 2.45) is 16.9 Å². The molecule has 0 aromatic carbocycles. The van der Waals surface area contributed by atoms with Crippen molar-refractivity contribution < 1.29 is 13.6 Å². The zero-order valence-electron chi connectivity index (χ0n) is 27.5. The summed E-state index contributed by atoms with van der Waals surface area (Å²) >= 11 is 0. The molecule has 0 aliphatic carbocycles. The smallest absolute Gasteiger partial charge is 0.191 e. The highest BCUT2D eigenvalue weighted by Crippen LogP contribution is 2.37. The van der Waals surface area contributed by atoms with Gasteiger partial charge >= 0.3 is 0 Å². The van der Waals surface area contributed by atoms with Gasteiger partial charge in [-0.15, -0.1) is 0 Å². The van der Waals surface area contributed by atoms with Gasteiger partial charge in [-0.3, -0.25) is 5.01 Å². The molecule has 0 saturated carbocycles. The zero-order valence-corrected chi connectivity index (χ0v) is 29.5. The Bertz CT molecular complexity index is 658. The van der Waals surface area contributed by atoms with Crippen LogP contribution in [-0.4, -0.2) is 66.9 Å². The summed E-state index contributed by atoms with van der Waals surface area (Å²) in [5.74, 6) is 1.11. The minimum Gasteiger partial charge on any atom is -0.418 e. The van der Waals surface area contributed by atoms with E-state index in [1.54, 1.807) is 0 Å². The normalized spacial score (nSPS) is 19.3. The Hall–Kier alpha value is -0.216. The maximum absolute atomic E-state index is 6.50. The molecule has 1 heterocycles. The van der Waals surface area contributed by atoms with Crippen molar-refractivity contribution in [2.75, 3.05) is 33.5 Å². The molecule has 1 rings (SSSR count). The molecule has 0 aromatic rings. The Kier molecular flexibility index (Phi) is 16.6. The van der Waals surface area contributed by atoms with Crippen LogP contribution in [0.1, 0.15) is 105 Å². The van der Waals surface area contributed by atoms with Gasteiger partial charge in [0.15, 0.2) is 16.6 Å². The lowest BCUT2D eigenvalue weighted by atomic mass is 9.81. The second-order valence-corrected chi connectivity index (χ2v) is 23.4. The van der Waals surface area contributed by atoms with E-state index in [-0.39, 0.29) is 5.04 Å². The van der Waals surface area contributed by atoms with E-state index in [0.29, 0.717) is 17.9 Å². The molecule has 1 fully saturated rings. The molecular formula is C31H66N2O3Si2. The number of methoxy groups -OCH3 is 1. The van der Waals surface area contributed by atoms with Crippen LogP contribution in [0.2, 0.25) is 37.8 Å². The second kappa shape index (κ2) is 17.6. The molecule has 0 amide bonds. The molecule has 0 radical (unpaired) electrons. The molecule has 38 heavy (non-hydrogen) atoms. The van der Waals surface area contributed by atoms with Crippen molar-refractivity contribution in [3.63, 3.8) is 0 Å². The van der Waals surface area contributed by atoms with Gasteiger partial charge in [0.1, 0.15) is 0 Å². The van der Waals surface area contributed by atoms with E-state index in [2.05, 4.69) is 72.4 Å². The molecule has 1 aliphatic rings. The van der Waals surface area contributed by atoms with Crippen LogP contribution < -0.4 is 0 Å². The lowest BCUT2D eigenvalue weighted by molar-refractivity contribution is 0.117. The van der Waals surface area contributed by atoms with Crippen molar-refractivity contribution in [3.05, 3.63) is 0 Å². The Morgan fingerprint density at radius 3 is 1.97 bits per heavy atom. The van der Waals surface area contributed by atoms with Crippen molar-refractivity contribution in [2.45, 2.75) is 149 Å². The Balaban J connectivity index is 3.02. The minimum atomic E-state index is -1.67. The SMILES string of the molecule is CCC[C@@H](CCCCO[Si](C)(C)C(C)(C)C)C(=NN1CCC[C@H]1COC)[C@@H](CCC)CCCO[Si](C)(C)C. The van der Waals surface area contributed by atoms with E-state index < -0.39 is 16.6 Å². The molecule has 7 heteroatoms. The third-order valence-corrected chi connectivity index (χ3v) is 14.1. The third-order valence-electron chi connectivity index (χ3n) is 8.51. The first-order valence-corrected chi connectivity index (χ1v) is 22.2. The van der Waals surface area contributed by atoms with E-state index in [4.69, 9.17) is 18.7 Å². The summed E-state index contributed by atoms with van der Waals surface area (Å²) in [6.45, 7) is 26.9. The predicted molar refractivity (Wildman–Crippen MR) is 171 cm³/mol. The Morgan fingerprint density at radius 2 is 1.45 bits per heavy atom. The average Bonchev–Trinajstić information content (AvgIpc) is 3.24. The predicted octanol–water partition coefficient (Wildman–Crippen LogP) is 9.11. The topological polar surface area (TPSA) is 43.3 Å². The molecule has 0 spiro atoms. The van der Waals surface area contributed by atoms with Crippen LogP contribution in [0, 0.1) is 11.8 Å². The van der Waals surface area contributed by atoms with Crippen LogP contribution in [0.5, 0.6) is 0 Å². The van der Waals surface area contributed by atoms with E-state index in [1.165, 1.54) is 63.5 Å². The first-order valence-electron chi connectivity index (χ1n) is 15.9. The molecule has 0 aromatic heterocycles. The van der Waals surface area contributed by atoms with Crippen molar-refractivity contribution in [1.82, 2.24) is 5.01 Å². The van der Waals surface area contributed by atoms with Gasteiger partial charge in [-0.25, -0.2) is 0 Å². The minimum absolute atomic E-state index is 0.276. The van der Waals surface area contributed by atoms with Crippen molar-refractivity contribution in [1.29, 1.82) is 0 Å². The highest BCUT2D eigenvalue weighted by Gasteiger charge is 2.37. The Labute approximate surface area is 240 Å². The molecule has 226 valence electrons. The second-order valence-electron chi connectivity index (χ2n) is 14.1. The molecule has 5 nitrogen and oxygen atoms in total. The summed E-state index contributed by atoms with van der Waals surface area (Å²) in [6, 6.07) is 0.424. The molecular weight excluding hydrogens is 505 g/mol. The van der Waals surface area contributed by atoms with Gasteiger partial charge in [0.25, 0.3) is 0 Å². The maximum atomic E-state index is 6.50. The molecule has 3 atom stereocenters. The fraction of sp³-hybridized carbons (Fsp3) is 0.968. The molecule has 0 N–H and O–H groups in total. The highest BCUT2D eigenvalue weighted by molar-refractivity contribution is 6.74. The van der Waals surface area contributed by atoms with Gasteiger partial charge in [0.05, 0.1) is 12.6 Å². The zero-order chi connectivity index (χ0) is 28.8. The lowest BCUT2D eigenvalue weighted by Gasteiger charge is -2.36. The number of hydrogen-bond acceptors (Lipinski definition) is 5. The van der Waals surface area contributed by atoms with E-state index in [1.807, 2.05) is 7.11 Å². The van der Waals surface area contributed by atoms with Gasteiger partial charge in [-0.05, 0) is 101 Å². The molecule has 0 unspecified atom stereocenters. The molecule has 1 aliphatic heterocycles. The fourth-order valence-corrected chi connectivity index (χ4v) is 7.13. The lowest BCUT2D eigenvalue weighted by Crippen LogP contribution is -2.41. The van der Waals surface area contributed by atoms with Crippen LogP contribution in [0.25, 0.3) is 0 Å². The first-order chi connectivity index (χ1) is 17.8. The average molecular weight is 571 g/mol. The van der Waals surface area contributed by atoms with Gasteiger partial charge in [0, 0.05) is 32.6 Å². The third kappa shape index (κ3) is 13.4. The molecule has 1 saturated heterocycles. The van der Waals surface area contributed by atoms with Crippen LogP contribution in [0.15, 0.2) is 5.10 Å². The molecule has 0 bridgehead atoms. The fourth-order valence-electron chi connectivity index (χ4n) is 5.28. The van der Waals surface area contributed by atoms with Crippen molar-refractivity contribution >= 4 is 22.3 Å². The number of hydrogen-bond donors (Lipinski definition) is 0. The first kappa shape index (κ1) is 35.8. The van der Waals surface area contributed by atoms with Gasteiger partial charge in [-0.1, -0.05) is 53.9 Å². The van der Waals surface area contributed by atoms with E-state index in [9.17, 15) is 0 Å². The standard InChI is InChI=1S/C31H66N2O3Si2/c1-12-18-27(20-14-15-24-36-38(10,11)31(3,4)5)30(32-33-23-16-22-29(33)26-34-6)28(19-13-2)21-17-25-35-37(7,8)9/h27-29H,12-26H2,1-11H3/t27-,28-,29-/m0/s1. The summed E-state index contributed by atoms with van der Waals surface area (Å²) < 4.78 is 18.3. The highest BCUT2D eigenvalue weighted by atomic mass is 28.4. The quantitative estimate of drug-likeness (QED) is 0.0831. The summed E-state index contributed by atoms with van der Waals surface area (Å²) in [4.78, 5) is 0. The van der Waals surface area contributed by atoms with Gasteiger partial charge in [0.2, 0.25) is 0 Å². The number of hydrazone groups is 1. The summed E-state index contributed by atoms with van der Waals surface area (Å²) in [6.07, 6.45) is 13.2. The van der Waals surface area contributed by atoms with E-state index in [0.717, 1.165) is 39.2 Å². The summed E-state index contributed by atoms with van der Waals surface area (Å²) in [5, 5.41) is 8.19. The number of rotatable bonds is 20. The van der Waals surface area contributed by atoms with Crippen molar-refractivity contribution in [3.8, 4) is 0 Å². The maximum Gasteiger partial charge on any atom is 0.191 e. The van der Waals surface area contributed by atoms with Crippen LogP contribution in [0.3, 0.4) is 0 Å². The Morgan fingerprint density at radius 1 is 0.868 bits per heavy atom. The van der Waals surface area contributed by atoms with Crippen LogP contribution in [-0.2, 0) is 13.6 Å². The number of nitrogens with zero attached hydrogens (tertiary/aromatic N) is 2. The number of unbranched alkanes of at least 4 members (excludes halogenated alkanes) is 1. The monoisotopic (exact) mass is 570 g/mol. The van der Waals surface area contributed by atoms with Crippen LogP contribution in [0.4, 0.5) is 0 Å². The largest absolute Gasteiger partial charge is 0.418 e. The summed E-state index contributed by atoms with van der Waals surface area (Å²) in [5.41, 5.74) is 1.48. The van der Waals surface area contributed by atoms with Crippen LogP contribution >= 0.6 is 0 Å². The van der Waals surface area contributed by atoms with Gasteiger partial charge < -0.3 is 13.6 Å². The number of ether oxygens (including phenoxy) is 1. The van der Waals surface area contributed by atoms with Gasteiger partial charge in [-0.2, -0.15) is 5.10 Å². The van der Waals surface area contributed by atoms with E-state index >= 15 is 0 Å². The summed E-state index contributed by atoms with van der Waals surface area (Å²) in [7, 11) is -1.32.